The van der Waals surface area contributed by atoms with Gasteiger partial charge in [-0.05, 0) is 43.3 Å². The highest BCUT2D eigenvalue weighted by Gasteiger charge is 2.28. The predicted molar refractivity (Wildman–Crippen MR) is 103 cm³/mol. The lowest BCUT2D eigenvalue weighted by Gasteiger charge is -2.08. The standard InChI is InChI=1S/C22H17NO5/c1-14-4-6-15(7-5-14)23-21(24)13-27-17-8-9-18-19(11-17)28-20(22(18)25)12-16-3-2-10-26-16/h2-12H,13H2,1H3,(H,23,24). The number of Topliss-reactive ketones (excluding diaryl/α,β-unsaturated/α-hetero) is 1. The molecule has 1 aromatic heterocycles. The first-order valence-electron chi connectivity index (χ1n) is 8.69. The Balaban J connectivity index is 1.39. The van der Waals surface area contributed by atoms with Crippen molar-refractivity contribution < 1.29 is 23.5 Å². The summed E-state index contributed by atoms with van der Waals surface area (Å²) in [5.74, 6) is 1.03. The third-order valence-electron chi connectivity index (χ3n) is 4.16. The third kappa shape index (κ3) is 3.81. The molecule has 0 radical (unpaired) electrons. The molecule has 1 aliphatic rings. The summed E-state index contributed by atoms with van der Waals surface area (Å²) in [6, 6.07) is 15.8. The van der Waals surface area contributed by atoms with Gasteiger partial charge < -0.3 is 19.2 Å². The lowest BCUT2D eigenvalue weighted by molar-refractivity contribution is -0.118. The van der Waals surface area contributed by atoms with Crippen LogP contribution in [-0.2, 0) is 4.79 Å². The van der Waals surface area contributed by atoms with E-state index >= 15 is 0 Å². The number of allylic oxidation sites excluding steroid dienone is 1. The number of carbonyl (C=O) groups excluding carboxylic acids is 2. The Morgan fingerprint density at radius 1 is 1.14 bits per heavy atom. The number of hydrogen-bond donors (Lipinski definition) is 1. The van der Waals surface area contributed by atoms with E-state index in [2.05, 4.69) is 5.32 Å². The highest BCUT2D eigenvalue weighted by molar-refractivity contribution is 6.14. The summed E-state index contributed by atoms with van der Waals surface area (Å²) >= 11 is 0. The Hall–Kier alpha value is -3.80. The number of aryl methyl sites for hydroxylation is 1. The van der Waals surface area contributed by atoms with Crippen LogP contribution in [0.2, 0.25) is 0 Å². The molecule has 3 aromatic rings. The second-order valence-corrected chi connectivity index (χ2v) is 6.32. The van der Waals surface area contributed by atoms with Crippen LogP contribution >= 0.6 is 0 Å². The van der Waals surface area contributed by atoms with Crippen LogP contribution in [0.5, 0.6) is 11.5 Å². The van der Waals surface area contributed by atoms with Crippen LogP contribution in [-0.4, -0.2) is 18.3 Å². The third-order valence-corrected chi connectivity index (χ3v) is 4.16. The second kappa shape index (κ2) is 7.44. The number of nitrogens with one attached hydrogen (secondary N) is 1. The Morgan fingerprint density at radius 2 is 1.96 bits per heavy atom. The number of ether oxygens (including phenoxy) is 2. The number of furan rings is 1. The van der Waals surface area contributed by atoms with E-state index in [1.807, 2.05) is 31.2 Å². The minimum absolute atomic E-state index is 0.157. The van der Waals surface area contributed by atoms with Gasteiger partial charge in [-0.2, -0.15) is 0 Å². The van der Waals surface area contributed by atoms with Crippen LogP contribution in [0.25, 0.3) is 6.08 Å². The number of ketones is 1. The van der Waals surface area contributed by atoms with Gasteiger partial charge in [0.25, 0.3) is 5.91 Å². The Labute approximate surface area is 161 Å². The molecule has 2 heterocycles. The smallest absolute Gasteiger partial charge is 0.262 e. The first-order valence-corrected chi connectivity index (χ1v) is 8.69. The van der Waals surface area contributed by atoms with E-state index in [1.54, 1.807) is 30.3 Å². The highest BCUT2D eigenvalue weighted by Crippen LogP contribution is 2.34. The number of fused-ring (bicyclic) bond motifs is 1. The summed E-state index contributed by atoms with van der Waals surface area (Å²) in [6.07, 6.45) is 3.06. The average Bonchev–Trinajstić information content (AvgIpc) is 3.30. The Kier molecular flexibility index (Phi) is 4.68. The number of benzene rings is 2. The quantitative estimate of drug-likeness (QED) is 0.676. The average molecular weight is 375 g/mol. The summed E-state index contributed by atoms with van der Waals surface area (Å²) in [5, 5.41) is 2.76. The molecule has 140 valence electrons. The SMILES string of the molecule is Cc1ccc(NC(=O)COc2ccc3c(c2)OC(=Cc2ccco2)C3=O)cc1. The van der Waals surface area contributed by atoms with Crippen molar-refractivity contribution in [2.24, 2.45) is 0 Å². The molecule has 6 nitrogen and oxygen atoms in total. The molecule has 0 unspecified atom stereocenters. The van der Waals surface area contributed by atoms with E-state index < -0.39 is 0 Å². The van der Waals surface area contributed by atoms with E-state index in [9.17, 15) is 9.59 Å². The molecule has 0 bridgehead atoms. The highest BCUT2D eigenvalue weighted by atomic mass is 16.5. The number of hydrogen-bond acceptors (Lipinski definition) is 5. The maximum atomic E-state index is 12.4. The minimum Gasteiger partial charge on any atom is -0.484 e. The zero-order valence-electron chi connectivity index (χ0n) is 15.1. The van der Waals surface area contributed by atoms with E-state index in [0.29, 0.717) is 28.5 Å². The summed E-state index contributed by atoms with van der Waals surface area (Å²) in [4.78, 5) is 24.4. The minimum atomic E-state index is -0.278. The van der Waals surface area contributed by atoms with Gasteiger partial charge in [-0.3, -0.25) is 9.59 Å². The van der Waals surface area contributed by atoms with Crippen molar-refractivity contribution in [3.63, 3.8) is 0 Å². The molecule has 0 spiro atoms. The van der Waals surface area contributed by atoms with Gasteiger partial charge in [-0.25, -0.2) is 0 Å². The first-order chi connectivity index (χ1) is 13.6. The van der Waals surface area contributed by atoms with Gasteiger partial charge in [-0.1, -0.05) is 17.7 Å². The number of carbonyl (C=O) groups is 2. The topological polar surface area (TPSA) is 77.8 Å². The fraction of sp³-hybridized carbons (Fsp3) is 0.0909. The van der Waals surface area contributed by atoms with Crippen molar-refractivity contribution in [2.45, 2.75) is 6.92 Å². The monoisotopic (exact) mass is 375 g/mol. The van der Waals surface area contributed by atoms with Gasteiger partial charge in [0.05, 0.1) is 11.8 Å². The molecule has 0 aliphatic carbocycles. The Morgan fingerprint density at radius 3 is 2.71 bits per heavy atom. The molecule has 0 saturated carbocycles. The van der Waals surface area contributed by atoms with Crippen molar-refractivity contribution in [2.75, 3.05) is 11.9 Å². The number of anilines is 1. The van der Waals surface area contributed by atoms with Gasteiger partial charge in [0.1, 0.15) is 17.3 Å². The van der Waals surface area contributed by atoms with E-state index in [1.165, 1.54) is 12.3 Å². The summed E-state index contributed by atoms with van der Waals surface area (Å²) in [7, 11) is 0. The van der Waals surface area contributed by atoms with Crippen LogP contribution in [0.4, 0.5) is 5.69 Å². The van der Waals surface area contributed by atoms with Crippen molar-refractivity contribution in [1.29, 1.82) is 0 Å². The van der Waals surface area contributed by atoms with Crippen LogP contribution in [0.1, 0.15) is 21.7 Å². The zero-order chi connectivity index (χ0) is 19.5. The lowest BCUT2D eigenvalue weighted by Crippen LogP contribution is -2.20. The van der Waals surface area contributed by atoms with Gasteiger partial charge in [-0.15, -0.1) is 0 Å². The molecule has 1 N–H and O–H groups in total. The largest absolute Gasteiger partial charge is 0.484 e. The van der Waals surface area contributed by atoms with Gasteiger partial charge >= 0.3 is 0 Å². The molecule has 1 amide bonds. The van der Waals surface area contributed by atoms with Crippen LogP contribution in [0.3, 0.4) is 0 Å². The molecule has 0 atom stereocenters. The maximum Gasteiger partial charge on any atom is 0.262 e. The maximum absolute atomic E-state index is 12.4. The first kappa shape index (κ1) is 17.6. The van der Waals surface area contributed by atoms with Crippen molar-refractivity contribution in [1.82, 2.24) is 0 Å². The molecule has 0 fully saturated rings. The van der Waals surface area contributed by atoms with Crippen LogP contribution in [0.15, 0.2) is 71.0 Å². The van der Waals surface area contributed by atoms with Gasteiger partial charge in [0.2, 0.25) is 5.78 Å². The van der Waals surface area contributed by atoms with E-state index in [0.717, 1.165) is 5.56 Å². The summed E-state index contributed by atoms with van der Waals surface area (Å²) in [6.45, 7) is 1.82. The molecule has 6 heteroatoms. The molecule has 28 heavy (non-hydrogen) atoms. The van der Waals surface area contributed by atoms with Crippen LogP contribution in [0, 0.1) is 6.92 Å². The molecule has 0 saturated heterocycles. The predicted octanol–water partition coefficient (Wildman–Crippen LogP) is 4.22. The lowest BCUT2D eigenvalue weighted by atomic mass is 10.1. The van der Waals surface area contributed by atoms with Crippen molar-refractivity contribution in [3.8, 4) is 11.5 Å². The second-order valence-electron chi connectivity index (χ2n) is 6.32. The molecule has 4 rings (SSSR count). The molecule has 2 aromatic carbocycles. The van der Waals surface area contributed by atoms with E-state index in [-0.39, 0.29) is 24.1 Å². The van der Waals surface area contributed by atoms with Crippen LogP contribution < -0.4 is 14.8 Å². The zero-order valence-corrected chi connectivity index (χ0v) is 15.1. The fourth-order valence-corrected chi connectivity index (χ4v) is 2.74. The number of amides is 1. The fourth-order valence-electron chi connectivity index (χ4n) is 2.74. The van der Waals surface area contributed by atoms with Gasteiger partial charge in [0.15, 0.2) is 12.4 Å². The normalized spacial score (nSPS) is 13.9. The molecular weight excluding hydrogens is 358 g/mol. The summed E-state index contributed by atoms with van der Waals surface area (Å²) < 4.78 is 16.4. The summed E-state index contributed by atoms with van der Waals surface area (Å²) in [5.41, 5.74) is 2.26. The molecule has 1 aliphatic heterocycles. The van der Waals surface area contributed by atoms with Gasteiger partial charge in [0, 0.05) is 17.8 Å². The number of rotatable bonds is 5. The molecular formula is C22H17NO5. The van der Waals surface area contributed by atoms with E-state index in [4.69, 9.17) is 13.9 Å². The van der Waals surface area contributed by atoms with Crippen molar-refractivity contribution >= 4 is 23.5 Å². The van der Waals surface area contributed by atoms with Crippen molar-refractivity contribution in [3.05, 3.63) is 83.5 Å². The Bertz CT molecular complexity index is 1050.